The van der Waals surface area contributed by atoms with E-state index in [9.17, 15) is 0 Å². The lowest BCUT2D eigenvalue weighted by Gasteiger charge is -2.08. The number of hydrogen-bond donors (Lipinski definition) is 0. The van der Waals surface area contributed by atoms with Crippen LogP contribution >= 0.6 is 0 Å². The van der Waals surface area contributed by atoms with Gasteiger partial charge in [-0.25, -0.2) is 4.68 Å². The van der Waals surface area contributed by atoms with Crippen molar-refractivity contribution in [2.45, 2.75) is 6.42 Å². The zero-order chi connectivity index (χ0) is 16.2. The lowest BCUT2D eigenvalue weighted by atomic mass is 10.0. The molecule has 1 heterocycles. The van der Waals surface area contributed by atoms with Gasteiger partial charge in [-0.05, 0) is 17.7 Å². The molecular formula is C21H17N3. The molecule has 4 aromatic rings. The first-order valence-corrected chi connectivity index (χ1v) is 8.01. The van der Waals surface area contributed by atoms with Gasteiger partial charge < -0.3 is 0 Å². The average Bonchev–Trinajstić information content (AvgIpc) is 3.07. The second-order valence-corrected chi connectivity index (χ2v) is 5.66. The number of para-hydroxylation sites is 1. The summed E-state index contributed by atoms with van der Waals surface area (Å²) >= 11 is 0. The van der Waals surface area contributed by atoms with Gasteiger partial charge in [0.15, 0.2) is 0 Å². The van der Waals surface area contributed by atoms with E-state index in [0.29, 0.717) is 0 Å². The lowest BCUT2D eigenvalue weighted by molar-refractivity contribution is 0.802. The molecule has 0 aliphatic carbocycles. The Morgan fingerprint density at radius 1 is 0.667 bits per heavy atom. The highest BCUT2D eigenvalue weighted by atomic mass is 15.4. The molecule has 0 spiro atoms. The van der Waals surface area contributed by atoms with E-state index in [4.69, 9.17) is 0 Å². The molecule has 1 aromatic heterocycles. The van der Waals surface area contributed by atoms with E-state index >= 15 is 0 Å². The maximum Gasteiger partial charge on any atom is 0.0979 e. The van der Waals surface area contributed by atoms with Gasteiger partial charge in [0.1, 0.15) is 0 Å². The first kappa shape index (κ1) is 14.4. The molecule has 0 N–H and O–H groups in total. The van der Waals surface area contributed by atoms with Crippen LogP contribution in [0.5, 0.6) is 0 Å². The van der Waals surface area contributed by atoms with Crippen LogP contribution in [0.3, 0.4) is 0 Å². The zero-order valence-corrected chi connectivity index (χ0v) is 13.2. The van der Waals surface area contributed by atoms with Gasteiger partial charge in [-0.1, -0.05) is 84.1 Å². The average molecular weight is 311 g/mol. The third-order valence-electron chi connectivity index (χ3n) is 4.00. The fraction of sp³-hybridized carbons (Fsp3) is 0.0476. The van der Waals surface area contributed by atoms with Gasteiger partial charge in [-0.15, -0.1) is 5.10 Å². The molecule has 4 rings (SSSR count). The third-order valence-corrected chi connectivity index (χ3v) is 4.00. The molecule has 116 valence electrons. The molecule has 0 saturated carbocycles. The van der Waals surface area contributed by atoms with Crippen LogP contribution in [0.2, 0.25) is 0 Å². The first-order chi connectivity index (χ1) is 11.9. The van der Waals surface area contributed by atoms with Gasteiger partial charge in [-0.2, -0.15) is 0 Å². The Kier molecular flexibility index (Phi) is 3.90. The minimum atomic E-state index is 0.762. The van der Waals surface area contributed by atoms with Crippen LogP contribution in [0.15, 0.2) is 91.0 Å². The van der Waals surface area contributed by atoms with Crippen LogP contribution in [-0.2, 0) is 6.42 Å². The lowest BCUT2D eigenvalue weighted by Crippen LogP contribution is -2.00. The van der Waals surface area contributed by atoms with Gasteiger partial charge in [0.2, 0.25) is 0 Å². The quantitative estimate of drug-likeness (QED) is 0.554. The highest BCUT2D eigenvalue weighted by molar-refractivity contribution is 5.64. The second kappa shape index (κ2) is 6.50. The molecule has 0 bridgehead atoms. The van der Waals surface area contributed by atoms with Crippen molar-refractivity contribution in [1.82, 2.24) is 15.0 Å². The van der Waals surface area contributed by atoms with E-state index in [1.165, 1.54) is 5.56 Å². The number of hydrogen-bond acceptors (Lipinski definition) is 2. The van der Waals surface area contributed by atoms with Gasteiger partial charge in [-0.3, -0.25) is 0 Å². The van der Waals surface area contributed by atoms with Crippen LogP contribution in [0, 0.1) is 0 Å². The molecule has 0 saturated heterocycles. The van der Waals surface area contributed by atoms with Crippen LogP contribution in [-0.4, -0.2) is 15.0 Å². The maximum atomic E-state index is 4.48. The predicted molar refractivity (Wildman–Crippen MR) is 96.0 cm³/mol. The minimum Gasteiger partial charge on any atom is -0.213 e. The molecular weight excluding hydrogens is 294 g/mol. The smallest absolute Gasteiger partial charge is 0.0979 e. The summed E-state index contributed by atoms with van der Waals surface area (Å²) in [7, 11) is 0. The van der Waals surface area contributed by atoms with E-state index in [0.717, 1.165) is 29.1 Å². The second-order valence-electron chi connectivity index (χ2n) is 5.66. The normalized spacial score (nSPS) is 10.7. The van der Waals surface area contributed by atoms with Gasteiger partial charge in [0, 0.05) is 12.0 Å². The van der Waals surface area contributed by atoms with Crippen LogP contribution in [0.1, 0.15) is 11.3 Å². The third kappa shape index (κ3) is 2.84. The molecule has 0 aliphatic rings. The summed E-state index contributed by atoms with van der Waals surface area (Å²) in [5, 5.41) is 8.90. The molecule has 3 nitrogen and oxygen atoms in total. The number of rotatable bonds is 4. The van der Waals surface area contributed by atoms with Crippen molar-refractivity contribution in [3.63, 3.8) is 0 Å². The van der Waals surface area contributed by atoms with E-state index in [2.05, 4.69) is 46.7 Å². The van der Waals surface area contributed by atoms with Crippen molar-refractivity contribution < 1.29 is 0 Å². The molecule has 0 fully saturated rings. The van der Waals surface area contributed by atoms with Crippen molar-refractivity contribution in [2.75, 3.05) is 0 Å². The van der Waals surface area contributed by atoms with Crippen molar-refractivity contribution in [3.05, 3.63) is 102 Å². The Labute approximate surface area is 141 Å². The summed E-state index contributed by atoms with van der Waals surface area (Å²) in [6.45, 7) is 0. The van der Waals surface area contributed by atoms with Crippen molar-refractivity contribution >= 4 is 0 Å². The molecule has 0 aliphatic heterocycles. The summed E-state index contributed by atoms with van der Waals surface area (Å²) in [6.07, 6.45) is 0.762. The van der Waals surface area contributed by atoms with E-state index in [1.54, 1.807) is 0 Å². The molecule has 0 atom stereocenters. The fourth-order valence-corrected chi connectivity index (χ4v) is 2.86. The summed E-state index contributed by atoms with van der Waals surface area (Å²) in [4.78, 5) is 0. The summed E-state index contributed by atoms with van der Waals surface area (Å²) in [5.74, 6) is 0. The Bertz CT molecular complexity index is 913. The Hall–Kier alpha value is -3.20. The molecule has 24 heavy (non-hydrogen) atoms. The Balaban J connectivity index is 1.84. The van der Waals surface area contributed by atoms with Crippen LogP contribution in [0.4, 0.5) is 0 Å². The monoisotopic (exact) mass is 311 g/mol. The van der Waals surface area contributed by atoms with Gasteiger partial charge in [0.25, 0.3) is 0 Å². The zero-order valence-electron chi connectivity index (χ0n) is 13.2. The maximum absolute atomic E-state index is 4.48. The highest BCUT2D eigenvalue weighted by Gasteiger charge is 2.16. The molecule has 3 aromatic carbocycles. The minimum absolute atomic E-state index is 0.762. The highest BCUT2D eigenvalue weighted by Crippen LogP contribution is 2.26. The van der Waals surface area contributed by atoms with Gasteiger partial charge >= 0.3 is 0 Å². The summed E-state index contributed by atoms with van der Waals surface area (Å²) in [6, 6.07) is 30.8. The Morgan fingerprint density at radius 3 is 1.92 bits per heavy atom. The molecule has 3 heteroatoms. The predicted octanol–water partition coefficient (Wildman–Crippen LogP) is 4.53. The van der Waals surface area contributed by atoms with Crippen molar-refractivity contribution in [2.24, 2.45) is 0 Å². The van der Waals surface area contributed by atoms with Crippen LogP contribution in [0.25, 0.3) is 16.9 Å². The fourth-order valence-electron chi connectivity index (χ4n) is 2.86. The number of aromatic nitrogens is 3. The van der Waals surface area contributed by atoms with E-state index in [-0.39, 0.29) is 0 Å². The SMILES string of the molecule is c1ccc(Cc2nnn(-c3ccccc3)c2-c2ccccc2)cc1. The number of nitrogens with zero attached hydrogens (tertiary/aromatic N) is 3. The van der Waals surface area contributed by atoms with Crippen molar-refractivity contribution in [1.29, 1.82) is 0 Å². The molecule has 0 radical (unpaired) electrons. The van der Waals surface area contributed by atoms with Crippen LogP contribution < -0.4 is 0 Å². The molecule has 0 unspecified atom stereocenters. The Morgan fingerprint density at radius 2 is 1.25 bits per heavy atom. The van der Waals surface area contributed by atoms with E-state index in [1.807, 2.05) is 59.3 Å². The first-order valence-electron chi connectivity index (χ1n) is 8.01. The summed E-state index contributed by atoms with van der Waals surface area (Å²) in [5.41, 5.74) is 5.40. The summed E-state index contributed by atoms with van der Waals surface area (Å²) < 4.78 is 1.92. The number of benzene rings is 3. The topological polar surface area (TPSA) is 30.7 Å². The van der Waals surface area contributed by atoms with E-state index < -0.39 is 0 Å². The molecule has 0 amide bonds. The largest absolute Gasteiger partial charge is 0.213 e. The van der Waals surface area contributed by atoms with Gasteiger partial charge in [0.05, 0.1) is 17.1 Å². The standard InChI is InChI=1S/C21H17N3/c1-4-10-17(11-5-1)16-20-21(18-12-6-2-7-13-18)24(23-22-20)19-14-8-3-9-15-19/h1-15H,16H2. The van der Waals surface area contributed by atoms with Crippen molar-refractivity contribution in [3.8, 4) is 16.9 Å².